The molecule has 0 spiro atoms. The maximum Gasteiger partial charge on any atom is 0.141 e. The molecular weight excluding hydrogens is 255 g/mol. The third-order valence-electron chi connectivity index (χ3n) is 3.15. The smallest absolute Gasteiger partial charge is 0.141 e. The molecule has 18 heavy (non-hydrogen) atoms. The summed E-state index contributed by atoms with van der Waals surface area (Å²) in [7, 11) is 0. The number of Topliss-reactive ketones (excluding diaryl/α,β-unsaturated/α-hetero) is 1. The van der Waals surface area contributed by atoms with Gasteiger partial charge in [0.25, 0.3) is 0 Å². The van der Waals surface area contributed by atoms with Gasteiger partial charge < -0.3 is 4.74 Å². The fourth-order valence-electron chi connectivity index (χ4n) is 2.16. The number of hydrogen-bond acceptors (Lipinski definition) is 2. The second-order valence-corrected chi connectivity index (χ2v) is 5.04. The number of rotatable bonds is 5. The van der Waals surface area contributed by atoms with Gasteiger partial charge in [-0.3, -0.25) is 4.79 Å². The van der Waals surface area contributed by atoms with E-state index in [0.29, 0.717) is 12.8 Å². The fourth-order valence-corrected chi connectivity index (χ4v) is 2.36. The highest BCUT2D eigenvalue weighted by Crippen LogP contribution is 2.19. The lowest BCUT2D eigenvalue weighted by Gasteiger charge is -2.08. The number of halogens is 2. The molecule has 2 nitrogen and oxygen atoms in total. The van der Waals surface area contributed by atoms with Crippen LogP contribution in [0.3, 0.4) is 0 Å². The van der Waals surface area contributed by atoms with Gasteiger partial charge in [0.2, 0.25) is 0 Å². The molecule has 1 aromatic carbocycles. The summed E-state index contributed by atoms with van der Waals surface area (Å²) in [6.07, 6.45) is 3.99. The highest BCUT2D eigenvalue weighted by atomic mass is 35.5. The molecule has 1 fully saturated rings. The standard InChI is InChI=1S/C14H16ClFO2/c15-13-9-10(3-6-14(13)16)8-11(17)4-5-12-2-1-7-18-12/h3,6,9,12H,1-2,4-5,7-8H2. The highest BCUT2D eigenvalue weighted by Gasteiger charge is 2.16. The zero-order valence-electron chi connectivity index (χ0n) is 10.1. The van der Waals surface area contributed by atoms with E-state index in [2.05, 4.69) is 0 Å². The summed E-state index contributed by atoms with van der Waals surface area (Å²) in [5.74, 6) is -0.305. The second kappa shape index (κ2) is 6.30. The third-order valence-corrected chi connectivity index (χ3v) is 3.44. The Kier molecular flexibility index (Phi) is 4.72. The van der Waals surface area contributed by atoms with Crippen LogP contribution in [0.1, 0.15) is 31.2 Å². The first-order valence-corrected chi connectivity index (χ1v) is 6.60. The minimum absolute atomic E-state index is 0.0689. The molecule has 0 aromatic heterocycles. The first-order chi connectivity index (χ1) is 8.65. The lowest BCUT2D eigenvalue weighted by atomic mass is 10.0. The topological polar surface area (TPSA) is 26.3 Å². The maximum atomic E-state index is 13.0. The molecule has 1 aliphatic rings. The molecule has 1 heterocycles. The van der Waals surface area contributed by atoms with Crippen molar-refractivity contribution in [3.8, 4) is 0 Å². The molecule has 1 unspecified atom stereocenters. The minimum atomic E-state index is -0.452. The Morgan fingerprint density at radius 1 is 1.50 bits per heavy atom. The molecule has 1 aromatic rings. The molecular formula is C14H16ClFO2. The van der Waals surface area contributed by atoms with E-state index in [1.165, 1.54) is 12.1 Å². The third kappa shape index (κ3) is 3.79. The number of carbonyl (C=O) groups excluding carboxylic acids is 1. The molecule has 0 aliphatic carbocycles. The van der Waals surface area contributed by atoms with Crippen LogP contribution in [0.5, 0.6) is 0 Å². The van der Waals surface area contributed by atoms with Crippen molar-refractivity contribution in [3.63, 3.8) is 0 Å². The van der Waals surface area contributed by atoms with Crippen LogP contribution in [0.25, 0.3) is 0 Å². The average molecular weight is 271 g/mol. The van der Waals surface area contributed by atoms with E-state index in [0.717, 1.165) is 31.4 Å². The predicted molar refractivity (Wildman–Crippen MR) is 68.3 cm³/mol. The van der Waals surface area contributed by atoms with Crippen molar-refractivity contribution in [3.05, 3.63) is 34.6 Å². The average Bonchev–Trinajstić information content (AvgIpc) is 2.84. The van der Waals surface area contributed by atoms with Crippen LogP contribution in [0.15, 0.2) is 18.2 Å². The van der Waals surface area contributed by atoms with E-state index >= 15 is 0 Å². The molecule has 1 saturated heterocycles. The van der Waals surface area contributed by atoms with Gasteiger partial charge in [0.1, 0.15) is 11.6 Å². The zero-order valence-corrected chi connectivity index (χ0v) is 10.9. The van der Waals surface area contributed by atoms with Crippen LogP contribution in [-0.4, -0.2) is 18.5 Å². The predicted octanol–water partition coefficient (Wildman–Crippen LogP) is 3.55. The Morgan fingerprint density at radius 3 is 3.00 bits per heavy atom. The van der Waals surface area contributed by atoms with Gasteiger partial charge in [-0.1, -0.05) is 17.7 Å². The van der Waals surface area contributed by atoms with Crippen LogP contribution in [0.2, 0.25) is 5.02 Å². The van der Waals surface area contributed by atoms with E-state index < -0.39 is 5.82 Å². The van der Waals surface area contributed by atoms with E-state index in [9.17, 15) is 9.18 Å². The Hall–Kier alpha value is -0.930. The quantitative estimate of drug-likeness (QED) is 0.818. The van der Waals surface area contributed by atoms with Crippen molar-refractivity contribution in [2.45, 2.75) is 38.2 Å². The Balaban J connectivity index is 1.80. The van der Waals surface area contributed by atoms with Crippen LogP contribution in [-0.2, 0) is 16.0 Å². The van der Waals surface area contributed by atoms with E-state index in [1.54, 1.807) is 6.07 Å². The van der Waals surface area contributed by atoms with Crippen molar-refractivity contribution in [1.29, 1.82) is 0 Å². The summed E-state index contributed by atoms with van der Waals surface area (Å²) in [6.45, 7) is 0.812. The molecule has 4 heteroatoms. The van der Waals surface area contributed by atoms with Gasteiger partial charge in [0.05, 0.1) is 11.1 Å². The first-order valence-electron chi connectivity index (χ1n) is 6.22. The summed E-state index contributed by atoms with van der Waals surface area (Å²) in [5.41, 5.74) is 0.763. The van der Waals surface area contributed by atoms with Crippen molar-refractivity contribution in [1.82, 2.24) is 0 Å². The van der Waals surface area contributed by atoms with E-state index in [1.807, 2.05) is 0 Å². The molecule has 0 radical (unpaired) electrons. The monoisotopic (exact) mass is 270 g/mol. The van der Waals surface area contributed by atoms with Crippen molar-refractivity contribution < 1.29 is 13.9 Å². The van der Waals surface area contributed by atoms with Gasteiger partial charge in [0, 0.05) is 19.4 Å². The number of hydrogen-bond donors (Lipinski definition) is 0. The minimum Gasteiger partial charge on any atom is -0.378 e. The Morgan fingerprint density at radius 2 is 2.33 bits per heavy atom. The van der Waals surface area contributed by atoms with Crippen molar-refractivity contribution >= 4 is 17.4 Å². The number of carbonyl (C=O) groups is 1. The summed E-state index contributed by atoms with van der Waals surface area (Å²) < 4.78 is 18.4. The lowest BCUT2D eigenvalue weighted by Crippen LogP contribution is -2.10. The van der Waals surface area contributed by atoms with Crippen LogP contribution < -0.4 is 0 Å². The van der Waals surface area contributed by atoms with E-state index in [4.69, 9.17) is 16.3 Å². The van der Waals surface area contributed by atoms with Gasteiger partial charge in [-0.05, 0) is 37.0 Å². The molecule has 0 bridgehead atoms. The van der Waals surface area contributed by atoms with Gasteiger partial charge in [0.15, 0.2) is 0 Å². The van der Waals surface area contributed by atoms with Gasteiger partial charge >= 0.3 is 0 Å². The van der Waals surface area contributed by atoms with Crippen LogP contribution in [0.4, 0.5) is 4.39 Å². The lowest BCUT2D eigenvalue weighted by molar-refractivity contribution is -0.119. The second-order valence-electron chi connectivity index (χ2n) is 4.64. The molecule has 0 N–H and O–H groups in total. The van der Waals surface area contributed by atoms with E-state index in [-0.39, 0.29) is 16.9 Å². The van der Waals surface area contributed by atoms with Gasteiger partial charge in [-0.2, -0.15) is 0 Å². The fraction of sp³-hybridized carbons (Fsp3) is 0.500. The number of ketones is 1. The SMILES string of the molecule is O=C(CCC1CCCO1)Cc1ccc(F)c(Cl)c1. The molecule has 2 rings (SSSR count). The zero-order chi connectivity index (χ0) is 13.0. The Bertz CT molecular complexity index is 428. The first kappa shape index (κ1) is 13.5. The summed E-state index contributed by atoms with van der Waals surface area (Å²) in [6, 6.07) is 4.41. The van der Waals surface area contributed by atoms with Crippen molar-refractivity contribution in [2.75, 3.05) is 6.61 Å². The number of ether oxygens (including phenoxy) is 1. The van der Waals surface area contributed by atoms with Gasteiger partial charge in [-0.15, -0.1) is 0 Å². The summed E-state index contributed by atoms with van der Waals surface area (Å²) in [4.78, 5) is 11.8. The van der Waals surface area contributed by atoms with Crippen molar-refractivity contribution in [2.24, 2.45) is 0 Å². The molecule has 1 atom stereocenters. The molecule has 98 valence electrons. The molecule has 0 amide bonds. The Labute approximate surface area is 111 Å². The highest BCUT2D eigenvalue weighted by molar-refractivity contribution is 6.30. The summed E-state index contributed by atoms with van der Waals surface area (Å²) >= 11 is 5.67. The molecule has 0 saturated carbocycles. The largest absolute Gasteiger partial charge is 0.378 e. The number of benzene rings is 1. The summed E-state index contributed by atoms with van der Waals surface area (Å²) in [5, 5.41) is 0.0689. The normalized spacial score (nSPS) is 19.1. The van der Waals surface area contributed by atoms with Crippen LogP contribution >= 0.6 is 11.6 Å². The van der Waals surface area contributed by atoms with Gasteiger partial charge in [-0.25, -0.2) is 4.39 Å². The maximum absolute atomic E-state index is 13.0. The molecule has 1 aliphatic heterocycles. The van der Waals surface area contributed by atoms with Crippen LogP contribution in [0, 0.1) is 5.82 Å².